The molecular formula is C19H25O. The van der Waals surface area contributed by atoms with E-state index < -0.39 is 0 Å². The molecule has 0 aromatic heterocycles. The summed E-state index contributed by atoms with van der Waals surface area (Å²) in [6.45, 7) is 6.67. The molecule has 1 saturated carbocycles. The molecule has 1 aromatic carbocycles. The average Bonchev–Trinajstić information content (AvgIpc) is 2.41. The van der Waals surface area contributed by atoms with E-state index in [0.29, 0.717) is 5.92 Å². The molecule has 1 heteroatoms. The van der Waals surface area contributed by atoms with E-state index in [9.17, 15) is 0 Å². The molecule has 0 bridgehead atoms. The topological polar surface area (TPSA) is 9.23 Å². The van der Waals surface area contributed by atoms with E-state index in [-0.39, 0.29) is 11.5 Å². The molecule has 2 rings (SSSR count). The summed E-state index contributed by atoms with van der Waals surface area (Å²) in [5.74, 6) is 3.97. The number of benzene rings is 1. The second-order valence-electron chi connectivity index (χ2n) is 6.86. The van der Waals surface area contributed by atoms with Gasteiger partial charge in [-0.1, -0.05) is 45.2 Å². The lowest BCUT2D eigenvalue weighted by atomic mass is 9.84. The monoisotopic (exact) mass is 269 g/mol. The highest BCUT2D eigenvalue weighted by molar-refractivity contribution is 5.31. The Bertz CT molecular complexity index is 458. The van der Waals surface area contributed by atoms with Gasteiger partial charge in [0.1, 0.15) is 11.9 Å². The Morgan fingerprint density at radius 3 is 2.40 bits per heavy atom. The van der Waals surface area contributed by atoms with E-state index in [4.69, 9.17) is 11.2 Å². The molecule has 0 amide bonds. The maximum atomic E-state index is 7.20. The lowest BCUT2D eigenvalue weighted by Gasteiger charge is -2.31. The zero-order valence-electron chi connectivity index (χ0n) is 12.9. The van der Waals surface area contributed by atoms with Crippen molar-refractivity contribution in [2.75, 3.05) is 0 Å². The Morgan fingerprint density at radius 2 is 1.80 bits per heavy atom. The highest BCUT2D eigenvalue weighted by Gasteiger charge is 2.26. The number of hydrogen-bond acceptors (Lipinski definition) is 1. The third-order valence-electron chi connectivity index (χ3n) is 4.21. The van der Waals surface area contributed by atoms with Gasteiger partial charge in [0.2, 0.25) is 0 Å². The lowest BCUT2D eigenvalue weighted by Crippen LogP contribution is -2.30. The van der Waals surface area contributed by atoms with Crippen LogP contribution in [0.1, 0.15) is 58.4 Å². The van der Waals surface area contributed by atoms with Crippen molar-refractivity contribution in [1.29, 1.82) is 0 Å². The molecule has 107 valence electrons. The molecule has 1 aromatic rings. The van der Waals surface area contributed by atoms with Crippen LogP contribution in [0, 0.1) is 18.3 Å². The van der Waals surface area contributed by atoms with Crippen LogP contribution in [0.4, 0.5) is 0 Å². The van der Waals surface area contributed by atoms with E-state index in [2.05, 4.69) is 51.0 Å². The summed E-state index contributed by atoms with van der Waals surface area (Å²) in [4.78, 5) is 0. The molecule has 0 aliphatic heterocycles. The standard InChI is InChI=1S/C19H25O/c1-5-8-15-9-6-7-10-18(15)20-17-13-11-16(12-14-17)19(2,3)4/h11-15,18H,6-10H2,2-4H3. The zero-order valence-corrected chi connectivity index (χ0v) is 12.9. The number of ether oxygens (including phenoxy) is 1. The molecule has 0 N–H and O–H groups in total. The van der Waals surface area contributed by atoms with Gasteiger partial charge < -0.3 is 4.74 Å². The Kier molecular flexibility index (Phi) is 4.76. The van der Waals surface area contributed by atoms with Crippen molar-refractivity contribution in [2.24, 2.45) is 5.92 Å². The van der Waals surface area contributed by atoms with Crippen LogP contribution in [-0.2, 0) is 5.41 Å². The minimum Gasteiger partial charge on any atom is -0.490 e. The first-order chi connectivity index (χ1) is 9.50. The normalized spacial score (nSPS) is 23.1. The fraction of sp³-hybridized carbons (Fsp3) is 0.579. The minimum absolute atomic E-state index is 0.182. The van der Waals surface area contributed by atoms with Crippen molar-refractivity contribution in [3.63, 3.8) is 0 Å². The van der Waals surface area contributed by atoms with Gasteiger partial charge in [0.05, 0.1) is 0 Å². The predicted octanol–water partition coefficient (Wildman–Crippen LogP) is 4.90. The molecule has 1 radical (unpaired) electrons. The molecule has 1 aliphatic carbocycles. The minimum atomic E-state index is 0.182. The molecule has 2 unspecified atom stereocenters. The van der Waals surface area contributed by atoms with E-state index >= 15 is 0 Å². The van der Waals surface area contributed by atoms with Gasteiger partial charge in [-0.25, -0.2) is 0 Å². The summed E-state index contributed by atoms with van der Waals surface area (Å²) < 4.78 is 6.16. The summed E-state index contributed by atoms with van der Waals surface area (Å²) in [5, 5.41) is 0. The molecule has 1 aliphatic rings. The van der Waals surface area contributed by atoms with Gasteiger partial charge in [-0.15, -0.1) is 0 Å². The fourth-order valence-corrected chi connectivity index (χ4v) is 2.90. The number of hydrogen-bond donors (Lipinski definition) is 0. The highest BCUT2D eigenvalue weighted by Crippen LogP contribution is 2.31. The Morgan fingerprint density at radius 1 is 1.15 bits per heavy atom. The van der Waals surface area contributed by atoms with E-state index in [0.717, 1.165) is 25.0 Å². The van der Waals surface area contributed by atoms with Crippen molar-refractivity contribution < 1.29 is 4.74 Å². The van der Waals surface area contributed by atoms with Crippen LogP contribution in [-0.4, -0.2) is 6.10 Å². The van der Waals surface area contributed by atoms with Gasteiger partial charge >= 0.3 is 0 Å². The van der Waals surface area contributed by atoms with Crippen LogP contribution in [0.15, 0.2) is 24.3 Å². The van der Waals surface area contributed by atoms with Crippen molar-refractivity contribution in [1.82, 2.24) is 0 Å². The van der Waals surface area contributed by atoms with Crippen LogP contribution in [0.5, 0.6) is 5.75 Å². The molecule has 2 atom stereocenters. The van der Waals surface area contributed by atoms with Crippen molar-refractivity contribution >= 4 is 0 Å². The van der Waals surface area contributed by atoms with Gasteiger partial charge in [0, 0.05) is 12.3 Å². The largest absolute Gasteiger partial charge is 0.490 e. The summed E-state index contributed by atoms with van der Waals surface area (Å²) in [7, 11) is 0. The molecule has 0 spiro atoms. The molecule has 20 heavy (non-hydrogen) atoms. The maximum absolute atomic E-state index is 7.20. The molecular weight excluding hydrogens is 244 g/mol. The van der Waals surface area contributed by atoms with Gasteiger partial charge in [0.15, 0.2) is 0 Å². The van der Waals surface area contributed by atoms with E-state index in [1.807, 2.05) is 0 Å². The van der Waals surface area contributed by atoms with Crippen molar-refractivity contribution in [3.05, 3.63) is 36.3 Å². The van der Waals surface area contributed by atoms with Crippen LogP contribution in [0.2, 0.25) is 0 Å². The van der Waals surface area contributed by atoms with Crippen LogP contribution in [0.25, 0.3) is 0 Å². The molecule has 1 fully saturated rings. The van der Waals surface area contributed by atoms with Gasteiger partial charge in [-0.2, -0.15) is 0 Å². The number of rotatable bonds is 3. The molecule has 0 saturated heterocycles. The van der Waals surface area contributed by atoms with Crippen LogP contribution in [0.3, 0.4) is 0 Å². The summed E-state index contributed by atoms with van der Waals surface area (Å²) in [6.07, 6.45) is 12.9. The van der Waals surface area contributed by atoms with Gasteiger partial charge in [-0.05, 0) is 48.8 Å². The Balaban J connectivity index is 2.03. The summed E-state index contributed by atoms with van der Waals surface area (Å²) in [5.41, 5.74) is 1.51. The quantitative estimate of drug-likeness (QED) is 0.709. The van der Waals surface area contributed by atoms with Gasteiger partial charge in [-0.3, -0.25) is 0 Å². The third-order valence-corrected chi connectivity index (χ3v) is 4.21. The first-order valence-electron chi connectivity index (χ1n) is 7.67. The maximum Gasteiger partial charge on any atom is 0.119 e. The SMILES string of the molecule is [C]#CCC1CCCCC1Oc1ccc(C(C)(C)C)cc1. The van der Waals surface area contributed by atoms with E-state index in [1.165, 1.54) is 18.4 Å². The highest BCUT2D eigenvalue weighted by atomic mass is 16.5. The first-order valence-corrected chi connectivity index (χ1v) is 7.67. The smallest absolute Gasteiger partial charge is 0.119 e. The molecule has 1 nitrogen and oxygen atoms in total. The van der Waals surface area contributed by atoms with Gasteiger partial charge in [0.25, 0.3) is 0 Å². The second-order valence-corrected chi connectivity index (χ2v) is 6.86. The van der Waals surface area contributed by atoms with Crippen LogP contribution < -0.4 is 4.74 Å². The second kappa shape index (κ2) is 6.35. The van der Waals surface area contributed by atoms with Crippen molar-refractivity contribution in [3.8, 4) is 11.7 Å². The Labute approximate surface area is 123 Å². The average molecular weight is 269 g/mol. The molecule has 0 heterocycles. The third kappa shape index (κ3) is 3.79. The summed E-state index contributed by atoms with van der Waals surface area (Å²) in [6, 6.07) is 8.49. The Hall–Kier alpha value is -1.42. The predicted molar refractivity (Wildman–Crippen MR) is 83.3 cm³/mol. The summed E-state index contributed by atoms with van der Waals surface area (Å²) >= 11 is 0. The van der Waals surface area contributed by atoms with E-state index in [1.54, 1.807) is 0 Å². The fourth-order valence-electron chi connectivity index (χ4n) is 2.90. The lowest BCUT2D eigenvalue weighted by molar-refractivity contribution is 0.0951. The first kappa shape index (κ1) is 15.0. The van der Waals surface area contributed by atoms with Crippen molar-refractivity contribution in [2.45, 2.75) is 64.4 Å². The zero-order chi connectivity index (χ0) is 14.6. The van der Waals surface area contributed by atoms with Crippen LogP contribution >= 0.6 is 0 Å².